The second kappa shape index (κ2) is 6.93. The van der Waals surface area contributed by atoms with Crippen molar-refractivity contribution in [3.63, 3.8) is 0 Å². The van der Waals surface area contributed by atoms with E-state index in [1.807, 2.05) is 6.26 Å². The number of benzene rings is 1. The number of rotatable bonds is 6. The number of carbonyl (C=O) groups is 1. The molecule has 1 aromatic carbocycles. The number of nitrogens with one attached hydrogen (secondary N) is 1. The molecule has 1 rings (SSSR count). The third-order valence-corrected chi connectivity index (χ3v) is 4.84. The first kappa shape index (κ1) is 16.0. The smallest absolute Gasteiger partial charge is 0.339 e. The molecule has 0 fully saturated rings. The molecule has 0 aromatic heterocycles. The van der Waals surface area contributed by atoms with E-state index in [-0.39, 0.29) is 16.5 Å². The SMILES string of the molecule is COC(=O)c1ccccc1S(=O)(=O)NC(C)CSC. The van der Waals surface area contributed by atoms with Crippen LogP contribution < -0.4 is 4.72 Å². The lowest BCUT2D eigenvalue weighted by atomic mass is 10.2. The van der Waals surface area contributed by atoms with E-state index in [4.69, 9.17) is 0 Å². The Balaban J connectivity index is 3.11. The number of sulfonamides is 1. The Morgan fingerprint density at radius 2 is 2.05 bits per heavy atom. The van der Waals surface area contributed by atoms with Gasteiger partial charge in [-0.3, -0.25) is 0 Å². The number of methoxy groups -OCH3 is 1. The number of ether oxygens (including phenoxy) is 1. The highest BCUT2D eigenvalue weighted by Crippen LogP contribution is 2.17. The normalized spacial score (nSPS) is 13.0. The van der Waals surface area contributed by atoms with E-state index in [0.717, 1.165) is 0 Å². The van der Waals surface area contributed by atoms with Crippen molar-refractivity contribution in [2.45, 2.75) is 17.9 Å². The fourth-order valence-corrected chi connectivity index (χ4v) is 3.72. The van der Waals surface area contributed by atoms with Crippen LogP contribution in [0, 0.1) is 0 Å². The second-order valence-corrected chi connectivity index (χ2v) is 6.56. The van der Waals surface area contributed by atoms with E-state index in [2.05, 4.69) is 9.46 Å². The Morgan fingerprint density at radius 3 is 2.63 bits per heavy atom. The zero-order valence-electron chi connectivity index (χ0n) is 11.0. The Labute approximate surface area is 117 Å². The van der Waals surface area contributed by atoms with Gasteiger partial charge in [0, 0.05) is 11.8 Å². The summed E-state index contributed by atoms with van der Waals surface area (Å²) >= 11 is 1.54. The van der Waals surface area contributed by atoms with Crippen LogP contribution in [0.25, 0.3) is 0 Å². The predicted octanol–water partition coefficient (Wildman–Crippen LogP) is 1.50. The summed E-state index contributed by atoms with van der Waals surface area (Å²) in [5.74, 6) is -0.0157. The molecule has 0 heterocycles. The first-order chi connectivity index (χ1) is 8.92. The topological polar surface area (TPSA) is 72.5 Å². The van der Waals surface area contributed by atoms with Crippen molar-refractivity contribution in [2.24, 2.45) is 0 Å². The van der Waals surface area contributed by atoms with Gasteiger partial charge in [-0.05, 0) is 25.3 Å². The average Bonchev–Trinajstić information content (AvgIpc) is 2.37. The molecule has 5 nitrogen and oxygen atoms in total. The van der Waals surface area contributed by atoms with Crippen molar-refractivity contribution in [1.29, 1.82) is 0 Å². The van der Waals surface area contributed by atoms with Crippen molar-refractivity contribution in [2.75, 3.05) is 19.1 Å². The van der Waals surface area contributed by atoms with Crippen LogP contribution in [0.5, 0.6) is 0 Å². The van der Waals surface area contributed by atoms with Gasteiger partial charge in [0.25, 0.3) is 0 Å². The van der Waals surface area contributed by atoms with E-state index in [1.54, 1.807) is 30.8 Å². The maximum atomic E-state index is 12.2. The lowest BCUT2D eigenvalue weighted by Crippen LogP contribution is -2.35. The van der Waals surface area contributed by atoms with Gasteiger partial charge in [-0.1, -0.05) is 12.1 Å². The van der Waals surface area contributed by atoms with Gasteiger partial charge >= 0.3 is 5.97 Å². The predicted molar refractivity (Wildman–Crippen MR) is 75.9 cm³/mol. The molecular weight excluding hydrogens is 286 g/mol. The van der Waals surface area contributed by atoms with Crippen molar-refractivity contribution >= 4 is 27.8 Å². The number of hydrogen-bond donors (Lipinski definition) is 1. The number of thioether (sulfide) groups is 1. The maximum absolute atomic E-state index is 12.2. The lowest BCUT2D eigenvalue weighted by molar-refractivity contribution is 0.0596. The van der Waals surface area contributed by atoms with Gasteiger partial charge in [0.15, 0.2) is 0 Å². The summed E-state index contributed by atoms with van der Waals surface area (Å²) in [5.41, 5.74) is 0.0360. The molecule has 7 heteroatoms. The molecule has 1 unspecified atom stereocenters. The van der Waals surface area contributed by atoms with Crippen LogP contribution in [0.4, 0.5) is 0 Å². The number of hydrogen-bond acceptors (Lipinski definition) is 5. The van der Waals surface area contributed by atoms with Crippen LogP contribution in [-0.4, -0.2) is 39.5 Å². The Hall–Kier alpha value is -1.05. The van der Waals surface area contributed by atoms with Crippen molar-refractivity contribution < 1.29 is 17.9 Å². The first-order valence-electron chi connectivity index (χ1n) is 5.61. The number of carbonyl (C=O) groups excluding carboxylic acids is 1. The number of esters is 1. The average molecular weight is 303 g/mol. The molecule has 0 saturated carbocycles. The summed E-state index contributed by atoms with van der Waals surface area (Å²) in [6.45, 7) is 1.77. The van der Waals surface area contributed by atoms with Gasteiger partial charge in [-0.15, -0.1) is 0 Å². The second-order valence-electron chi connectivity index (χ2n) is 3.97. The van der Waals surface area contributed by atoms with Gasteiger partial charge in [0.05, 0.1) is 17.6 Å². The molecule has 106 valence electrons. The summed E-state index contributed by atoms with van der Waals surface area (Å²) in [5, 5.41) is 0. The Bertz CT molecular complexity index is 542. The highest BCUT2D eigenvalue weighted by atomic mass is 32.2. The molecule has 0 aliphatic heterocycles. The van der Waals surface area contributed by atoms with Gasteiger partial charge in [0.2, 0.25) is 10.0 Å². The monoisotopic (exact) mass is 303 g/mol. The van der Waals surface area contributed by atoms with E-state index in [0.29, 0.717) is 5.75 Å². The molecule has 1 N–H and O–H groups in total. The van der Waals surface area contributed by atoms with E-state index >= 15 is 0 Å². The molecule has 0 saturated heterocycles. The van der Waals surface area contributed by atoms with Gasteiger partial charge in [0.1, 0.15) is 0 Å². The van der Waals surface area contributed by atoms with Crippen molar-refractivity contribution in [3.8, 4) is 0 Å². The molecule has 0 aliphatic rings. The molecule has 0 radical (unpaired) electrons. The van der Waals surface area contributed by atoms with Crippen LogP contribution in [-0.2, 0) is 14.8 Å². The molecule has 1 aromatic rings. The van der Waals surface area contributed by atoms with E-state index < -0.39 is 16.0 Å². The summed E-state index contributed by atoms with van der Waals surface area (Å²) in [4.78, 5) is 11.5. The summed E-state index contributed by atoms with van der Waals surface area (Å²) in [6.07, 6.45) is 1.90. The zero-order valence-corrected chi connectivity index (χ0v) is 12.7. The maximum Gasteiger partial charge on any atom is 0.339 e. The first-order valence-corrected chi connectivity index (χ1v) is 8.48. The minimum absolute atomic E-state index is 0.0360. The van der Waals surface area contributed by atoms with Crippen LogP contribution >= 0.6 is 11.8 Å². The summed E-state index contributed by atoms with van der Waals surface area (Å²) < 4.78 is 31.6. The highest BCUT2D eigenvalue weighted by Gasteiger charge is 2.23. The lowest BCUT2D eigenvalue weighted by Gasteiger charge is -2.14. The molecule has 0 spiro atoms. The van der Waals surface area contributed by atoms with Gasteiger partial charge in [-0.25, -0.2) is 17.9 Å². The minimum Gasteiger partial charge on any atom is -0.465 e. The van der Waals surface area contributed by atoms with Crippen molar-refractivity contribution in [1.82, 2.24) is 4.72 Å². The standard InChI is InChI=1S/C12H17NO4S2/c1-9(8-18-3)13-19(15,16)11-7-5-4-6-10(11)12(14)17-2/h4-7,9,13H,8H2,1-3H3. The van der Waals surface area contributed by atoms with Crippen LogP contribution in [0.15, 0.2) is 29.2 Å². The van der Waals surface area contributed by atoms with Crippen LogP contribution in [0.1, 0.15) is 17.3 Å². The summed E-state index contributed by atoms with van der Waals surface area (Å²) in [6, 6.07) is 5.77. The quantitative estimate of drug-likeness (QED) is 0.806. The van der Waals surface area contributed by atoms with Crippen molar-refractivity contribution in [3.05, 3.63) is 29.8 Å². The summed E-state index contributed by atoms with van der Waals surface area (Å²) in [7, 11) is -2.51. The fourth-order valence-electron chi connectivity index (χ4n) is 1.59. The highest BCUT2D eigenvalue weighted by molar-refractivity contribution is 7.98. The zero-order chi connectivity index (χ0) is 14.5. The molecular formula is C12H17NO4S2. The molecule has 0 amide bonds. The molecule has 19 heavy (non-hydrogen) atoms. The van der Waals surface area contributed by atoms with Gasteiger partial charge in [-0.2, -0.15) is 11.8 Å². The largest absolute Gasteiger partial charge is 0.465 e. The van der Waals surface area contributed by atoms with Crippen LogP contribution in [0.2, 0.25) is 0 Å². The third kappa shape index (κ3) is 4.22. The molecule has 0 bridgehead atoms. The van der Waals surface area contributed by atoms with E-state index in [9.17, 15) is 13.2 Å². The Morgan fingerprint density at radius 1 is 1.42 bits per heavy atom. The fraction of sp³-hybridized carbons (Fsp3) is 0.417. The third-order valence-electron chi connectivity index (χ3n) is 2.35. The van der Waals surface area contributed by atoms with E-state index in [1.165, 1.54) is 19.2 Å². The Kier molecular flexibility index (Phi) is 5.84. The van der Waals surface area contributed by atoms with Crippen LogP contribution in [0.3, 0.4) is 0 Å². The molecule has 1 atom stereocenters. The minimum atomic E-state index is -3.73. The molecule has 0 aliphatic carbocycles. The van der Waals surface area contributed by atoms with Gasteiger partial charge < -0.3 is 4.74 Å².